The predicted molar refractivity (Wildman–Crippen MR) is 71.1 cm³/mol. The lowest BCUT2D eigenvalue weighted by atomic mass is 9.93. The van der Waals surface area contributed by atoms with E-state index in [4.69, 9.17) is 4.74 Å². The highest BCUT2D eigenvalue weighted by Gasteiger charge is 2.27. The maximum absolute atomic E-state index is 12.1. The van der Waals surface area contributed by atoms with Gasteiger partial charge >= 0.3 is 5.97 Å². The Morgan fingerprint density at radius 3 is 2.78 bits per heavy atom. The van der Waals surface area contributed by atoms with Crippen molar-refractivity contribution in [2.75, 3.05) is 6.54 Å². The van der Waals surface area contributed by atoms with Gasteiger partial charge in [0.1, 0.15) is 6.10 Å². The fraction of sp³-hybridized carbons (Fsp3) is 0.533. The molecule has 1 aromatic rings. The van der Waals surface area contributed by atoms with E-state index in [1.807, 2.05) is 37.3 Å². The Balaban J connectivity index is 1.91. The zero-order chi connectivity index (χ0) is 13.0. The quantitative estimate of drug-likeness (QED) is 0.835. The van der Waals surface area contributed by atoms with Crippen molar-refractivity contribution in [3.63, 3.8) is 0 Å². The molecule has 0 saturated carbocycles. The van der Waals surface area contributed by atoms with Gasteiger partial charge in [-0.15, -0.1) is 0 Å². The Morgan fingerprint density at radius 1 is 1.39 bits per heavy atom. The normalized spacial score (nSPS) is 25.4. The van der Waals surface area contributed by atoms with E-state index in [0.29, 0.717) is 6.04 Å². The minimum atomic E-state index is -0.163. The van der Waals surface area contributed by atoms with Crippen molar-refractivity contribution in [2.45, 2.75) is 38.8 Å². The molecule has 1 aromatic carbocycles. The third kappa shape index (κ3) is 3.33. The first-order valence-corrected chi connectivity index (χ1v) is 6.65. The molecule has 3 heteroatoms. The second-order valence-corrected chi connectivity index (χ2v) is 5.07. The lowest BCUT2D eigenvalue weighted by Gasteiger charge is -2.27. The molecule has 1 N–H and O–H groups in total. The van der Waals surface area contributed by atoms with Gasteiger partial charge in [-0.1, -0.05) is 30.3 Å². The molecule has 98 valence electrons. The van der Waals surface area contributed by atoms with Gasteiger partial charge in [-0.05, 0) is 38.8 Å². The summed E-state index contributed by atoms with van der Waals surface area (Å²) in [5.41, 5.74) is 1.05. The minimum Gasteiger partial charge on any atom is -0.458 e. The molecule has 1 heterocycles. The van der Waals surface area contributed by atoms with Crippen LogP contribution < -0.4 is 5.32 Å². The number of ether oxygens (including phenoxy) is 1. The summed E-state index contributed by atoms with van der Waals surface area (Å²) in [4.78, 5) is 12.1. The standard InChI is InChI=1S/C15H21NO2/c1-11-10-14(8-9-16-11)15(17)18-12(2)13-6-4-3-5-7-13/h3-7,11-12,14,16H,8-10H2,1-2H3. The van der Waals surface area contributed by atoms with Crippen molar-refractivity contribution >= 4 is 5.97 Å². The van der Waals surface area contributed by atoms with Crippen LogP contribution in [0.1, 0.15) is 38.4 Å². The van der Waals surface area contributed by atoms with E-state index >= 15 is 0 Å². The zero-order valence-corrected chi connectivity index (χ0v) is 11.1. The Hall–Kier alpha value is -1.35. The number of hydrogen-bond acceptors (Lipinski definition) is 3. The molecule has 0 bridgehead atoms. The highest BCUT2D eigenvalue weighted by atomic mass is 16.5. The van der Waals surface area contributed by atoms with E-state index in [-0.39, 0.29) is 18.0 Å². The highest BCUT2D eigenvalue weighted by molar-refractivity contribution is 5.73. The van der Waals surface area contributed by atoms with Crippen LogP contribution in [-0.2, 0) is 9.53 Å². The summed E-state index contributed by atoms with van der Waals surface area (Å²) in [6, 6.07) is 10.3. The Morgan fingerprint density at radius 2 is 2.11 bits per heavy atom. The first-order valence-electron chi connectivity index (χ1n) is 6.65. The van der Waals surface area contributed by atoms with Crippen molar-refractivity contribution in [1.82, 2.24) is 5.32 Å². The van der Waals surface area contributed by atoms with E-state index in [9.17, 15) is 4.79 Å². The molecule has 3 atom stereocenters. The van der Waals surface area contributed by atoms with Gasteiger partial charge in [0.15, 0.2) is 0 Å². The highest BCUT2D eigenvalue weighted by Crippen LogP contribution is 2.22. The van der Waals surface area contributed by atoms with Crippen molar-refractivity contribution < 1.29 is 9.53 Å². The van der Waals surface area contributed by atoms with Crippen LogP contribution in [0.3, 0.4) is 0 Å². The molecule has 0 amide bonds. The van der Waals surface area contributed by atoms with E-state index in [1.54, 1.807) is 0 Å². The SMILES string of the molecule is CC1CC(C(=O)OC(C)c2ccccc2)CCN1. The van der Waals surface area contributed by atoms with E-state index < -0.39 is 0 Å². The average Bonchev–Trinajstić information content (AvgIpc) is 2.39. The van der Waals surface area contributed by atoms with Gasteiger partial charge in [-0.3, -0.25) is 4.79 Å². The molecule has 2 rings (SSSR count). The maximum atomic E-state index is 12.1. The summed E-state index contributed by atoms with van der Waals surface area (Å²) in [6.45, 7) is 4.94. The van der Waals surface area contributed by atoms with Crippen LogP contribution in [-0.4, -0.2) is 18.6 Å². The van der Waals surface area contributed by atoms with Gasteiger partial charge in [-0.25, -0.2) is 0 Å². The first-order chi connectivity index (χ1) is 8.66. The first kappa shape index (κ1) is 13.1. The fourth-order valence-electron chi connectivity index (χ4n) is 2.41. The number of hydrogen-bond donors (Lipinski definition) is 1. The van der Waals surface area contributed by atoms with Crippen molar-refractivity contribution in [3.05, 3.63) is 35.9 Å². The summed E-state index contributed by atoms with van der Waals surface area (Å²) < 4.78 is 5.56. The zero-order valence-electron chi connectivity index (χ0n) is 11.1. The Kier molecular flexibility index (Phi) is 4.37. The van der Waals surface area contributed by atoms with E-state index in [1.165, 1.54) is 0 Å². The molecule has 1 aliphatic rings. The molecule has 1 saturated heterocycles. The van der Waals surface area contributed by atoms with Crippen LogP contribution in [0.5, 0.6) is 0 Å². The molecule has 18 heavy (non-hydrogen) atoms. The molecular weight excluding hydrogens is 226 g/mol. The molecule has 0 aromatic heterocycles. The van der Waals surface area contributed by atoms with E-state index in [2.05, 4.69) is 12.2 Å². The van der Waals surface area contributed by atoms with Crippen LogP contribution in [0.15, 0.2) is 30.3 Å². The third-order valence-corrected chi connectivity index (χ3v) is 3.52. The molecule has 1 fully saturated rings. The summed E-state index contributed by atoms with van der Waals surface area (Å²) in [5, 5.41) is 3.34. The van der Waals surface area contributed by atoms with Crippen LogP contribution in [0.25, 0.3) is 0 Å². The molecular formula is C15H21NO2. The summed E-state index contributed by atoms with van der Waals surface area (Å²) >= 11 is 0. The smallest absolute Gasteiger partial charge is 0.309 e. The molecule has 0 radical (unpaired) electrons. The molecule has 1 aliphatic heterocycles. The largest absolute Gasteiger partial charge is 0.458 e. The minimum absolute atomic E-state index is 0.0485. The summed E-state index contributed by atoms with van der Waals surface area (Å²) in [7, 11) is 0. The van der Waals surface area contributed by atoms with Gasteiger partial charge in [0, 0.05) is 6.04 Å². The maximum Gasteiger partial charge on any atom is 0.309 e. The van der Waals surface area contributed by atoms with Gasteiger partial charge in [0.2, 0.25) is 0 Å². The number of rotatable bonds is 3. The van der Waals surface area contributed by atoms with Crippen LogP contribution in [0.4, 0.5) is 0 Å². The van der Waals surface area contributed by atoms with Crippen LogP contribution in [0.2, 0.25) is 0 Å². The number of benzene rings is 1. The topological polar surface area (TPSA) is 38.3 Å². The Bertz CT molecular complexity index is 391. The van der Waals surface area contributed by atoms with Gasteiger partial charge in [0.05, 0.1) is 5.92 Å². The Labute approximate surface area is 109 Å². The number of carbonyl (C=O) groups excluding carboxylic acids is 1. The van der Waals surface area contributed by atoms with Crippen molar-refractivity contribution in [3.8, 4) is 0 Å². The molecule has 0 spiro atoms. The lowest BCUT2D eigenvalue weighted by molar-refractivity contribution is -0.154. The lowest BCUT2D eigenvalue weighted by Crippen LogP contribution is -2.39. The second-order valence-electron chi connectivity index (χ2n) is 5.07. The van der Waals surface area contributed by atoms with Gasteiger partial charge in [0.25, 0.3) is 0 Å². The number of carbonyl (C=O) groups is 1. The molecule has 0 aliphatic carbocycles. The van der Waals surface area contributed by atoms with Crippen molar-refractivity contribution in [1.29, 1.82) is 0 Å². The second kappa shape index (κ2) is 6.01. The fourth-order valence-corrected chi connectivity index (χ4v) is 2.41. The molecule has 3 unspecified atom stereocenters. The van der Waals surface area contributed by atoms with Gasteiger partial charge in [-0.2, -0.15) is 0 Å². The average molecular weight is 247 g/mol. The van der Waals surface area contributed by atoms with Crippen LogP contribution >= 0.6 is 0 Å². The summed E-state index contributed by atoms with van der Waals surface area (Å²) in [5.74, 6) is -0.00730. The predicted octanol–water partition coefficient (Wildman–Crippen LogP) is 2.68. The summed E-state index contributed by atoms with van der Waals surface area (Å²) in [6.07, 6.45) is 1.59. The van der Waals surface area contributed by atoms with E-state index in [0.717, 1.165) is 24.9 Å². The van der Waals surface area contributed by atoms with Gasteiger partial charge < -0.3 is 10.1 Å². The monoisotopic (exact) mass is 247 g/mol. The number of esters is 1. The van der Waals surface area contributed by atoms with Crippen molar-refractivity contribution in [2.24, 2.45) is 5.92 Å². The number of nitrogens with one attached hydrogen (secondary N) is 1. The molecule has 3 nitrogen and oxygen atoms in total. The number of piperidine rings is 1. The van der Waals surface area contributed by atoms with Crippen LogP contribution in [0, 0.1) is 5.92 Å². The third-order valence-electron chi connectivity index (χ3n) is 3.52.